The average molecular weight is 1060 g/mol. The third-order valence-electron chi connectivity index (χ3n) is 17.5. The Labute approximate surface area is 419 Å². The maximum Gasteiger partial charge on any atom is 0.192 e. The fourth-order valence-electron chi connectivity index (χ4n) is 11.5. The number of hydrogen-bond donors (Lipinski definition) is 2. The summed E-state index contributed by atoms with van der Waals surface area (Å²) in [6, 6.07) is 0. The predicted octanol–water partition coefficient (Wildman–Crippen LogP) is 9.46. The van der Waals surface area contributed by atoms with E-state index < -0.39 is 40.7 Å². The fraction of sp³-hybridized carbons (Fsp3) is 0.904. The second kappa shape index (κ2) is 21.8. The maximum absolute atomic E-state index is 14.6. The van der Waals surface area contributed by atoms with Crippen molar-refractivity contribution in [3.05, 3.63) is 23.2 Å². The molecule has 8 rings (SSSR count). The van der Waals surface area contributed by atoms with Crippen molar-refractivity contribution in [3.63, 3.8) is 0 Å². The van der Waals surface area contributed by atoms with E-state index in [1.54, 1.807) is 7.11 Å². The first-order valence-corrected chi connectivity index (χ1v) is 32.6. The third kappa shape index (κ3) is 12.4. The van der Waals surface area contributed by atoms with Crippen LogP contribution in [0.1, 0.15) is 132 Å². The van der Waals surface area contributed by atoms with Crippen molar-refractivity contribution in [3.8, 4) is 0 Å². The van der Waals surface area contributed by atoms with Crippen molar-refractivity contribution in [2.45, 2.75) is 266 Å². The van der Waals surface area contributed by atoms with Gasteiger partial charge in [-0.05, 0) is 90.8 Å². The summed E-state index contributed by atoms with van der Waals surface area (Å²) in [6.07, 6.45) is 3.03. The molecule has 8 aliphatic heterocycles. The molecule has 8 heterocycles. The first-order chi connectivity index (χ1) is 31.7. The van der Waals surface area contributed by atoms with E-state index in [1.807, 2.05) is 0 Å². The summed E-state index contributed by atoms with van der Waals surface area (Å²) in [6.45, 7) is 33.9. The second-order valence-corrected chi connectivity index (χ2v) is 35.4. The summed E-state index contributed by atoms with van der Waals surface area (Å²) < 4.78 is 69.0. The summed E-state index contributed by atoms with van der Waals surface area (Å²) in [5.74, 6) is -0.797. The Balaban J connectivity index is 1.08. The molecule has 390 valence electrons. The highest BCUT2D eigenvalue weighted by Gasteiger charge is 2.68. The standard InChI is InChI=1S/C52H89BrO13Si2/c1-30-22-35(16-15-21-54)59-40(32(30)3)27-41-38(44(57-10)42(61-41)26-37(66-68(13,14)51(7,8)9)29-58-67(11,12)50(4,5)6)25-34(56)24-36-17-18-39-45(60-36)49-48-47(62-39)46-43(63-48)28-52(64-46,65-49)20-19-33(55)23-31(2)53/h30,33,35-49,54-55H,2-3,15-29H2,1,4-14H3/t30?,33-,35+,36-,37?,38?,39?,40-,41+,42-,43?,44-,45+,46?,47+,48-,49?,52+/m1/s1. The number of carbonyl (C=O) groups excluding carboxylic acids is 1. The molecule has 0 aliphatic carbocycles. The lowest BCUT2D eigenvalue weighted by atomic mass is 9.81. The molecule has 68 heavy (non-hydrogen) atoms. The Morgan fingerprint density at radius 3 is 2.22 bits per heavy atom. The molecule has 16 heteroatoms. The van der Waals surface area contributed by atoms with Crippen LogP contribution in [0, 0.1) is 11.8 Å². The summed E-state index contributed by atoms with van der Waals surface area (Å²) in [5, 5.41) is 20.4. The van der Waals surface area contributed by atoms with E-state index in [1.165, 1.54) is 0 Å². The van der Waals surface area contributed by atoms with Crippen LogP contribution in [0.25, 0.3) is 0 Å². The predicted molar refractivity (Wildman–Crippen MR) is 270 cm³/mol. The lowest BCUT2D eigenvalue weighted by Gasteiger charge is -2.47. The second-order valence-electron chi connectivity index (χ2n) is 24.7. The van der Waals surface area contributed by atoms with Gasteiger partial charge in [-0.3, -0.25) is 4.79 Å². The lowest BCUT2D eigenvalue weighted by Crippen LogP contribution is -2.61. The Hall–Kier alpha value is -0.416. The SMILES string of the molecule is C=C(Br)C[C@H](O)CC[C@@]12CC3O[C@H]4C(O1)[C@H]1O[C@@H](CC(=O)CC5[C@H](C[C@H]6O[C@@H](CCCO)CC(C)C6=C)O[C@H](CC(CO[Si](C)(C)C(C)(C)C)O[Si](C)(C)C(C)(C)C)[C@@H]5OC)CCC1O[C@H]4C3O2. The molecule has 18 atom stereocenters. The lowest BCUT2D eigenvalue weighted by molar-refractivity contribution is -0.292. The van der Waals surface area contributed by atoms with Crippen LogP contribution in [0.3, 0.4) is 0 Å². The molecule has 8 fully saturated rings. The number of aliphatic hydroxyl groups excluding tert-OH is 2. The fourth-order valence-corrected chi connectivity index (χ4v) is 14.3. The Morgan fingerprint density at radius 1 is 0.882 bits per heavy atom. The summed E-state index contributed by atoms with van der Waals surface area (Å²) >= 11 is 3.38. The molecule has 2 N–H and O–H groups in total. The van der Waals surface area contributed by atoms with E-state index in [0.717, 1.165) is 29.3 Å². The molecule has 13 nitrogen and oxygen atoms in total. The largest absolute Gasteiger partial charge is 0.414 e. The van der Waals surface area contributed by atoms with E-state index in [4.69, 9.17) is 46.7 Å². The van der Waals surface area contributed by atoms with Gasteiger partial charge >= 0.3 is 0 Å². The molecule has 7 unspecified atom stereocenters. The topological polar surface area (TPSA) is 150 Å². The van der Waals surface area contributed by atoms with Gasteiger partial charge in [-0.1, -0.05) is 77.6 Å². The molecule has 8 saturated heterocycles. The smallest absolute Gasteiger partial charge is 0.192 e. The van der Waals surface area contributed by atoms with Crippen molar-refractivity contribution in [2.75, 3.05) is 20.3 Å². The van der Waals surface area contributed by atoms with Crippen molar-refractivity contribution in [1.29, 1.82) is 0 Å². The summed E-state index contributed by atoms with van der Waals surface area (Å²) in [4.78, 5) is 14.6. The van der Waals surface area contributed by atoms with Gasteiger partial charge in [0.2, 0.25) is 0 Å². The van der Waals surface area contributed by atoms with Gasteiger partial charge in [0.1, 0.15) is 36.3 Å². The quantitative estimate of drug-likeness (QED) is 0.0784. The molecule has 0 amide bonds. The van der Waals surface area contributed by atoms with E-state index in [9.17, 15) is 15.0 Å². The molecule has 0 aromatic carbocycles. The maximum atomic E-state index is 14.6. The van der Waals surface area contributed by atoms with Gasteiger partial charge in [0.15, 0.2) is 22.4 Å². The van der Waals surface area contributed by atoms with E-state index in [2.05, 4.69) is 104 Å². The number of hydrogen-bond acceptors (Lipinski definition) is 13. The van der Waals surface area contributed by atoms with Crippen LogP contribution in [0.15, 0.2) is 23.2 Å². The molecule has 0 spiro atoms. The normalized spacial score (nSPS) is 39.2. The number of Topliss-reactive ketones (excluding diaryl/α,β-unsaturated/α-hetero) is 1. The minimum absolute atomic E-state index is 0.0113. The third-order valence-corrected chi connectivity index (χ3v) is 26.9. The van der Waals surface area contributed by atoms with Crippen LogP contribution in [-0.2, 0) is 51.5 Å². The van der Waals surface area contributed by atoms with E-state index in [0.29, 0.717) is 58.0 Å². The first kappa shape index (κ1) is 55.3. The van der Waals surface area contributed by atoms with Crippen molar-refractivity contribution < 1.29 is 61.8 Å². The van der Waals surface area contributed by atoms with Gasteiger partial charge in [0, 0.05) is 64.6 Å². The van der Waals surface area contributed by atoms with Gasteiger partial charge in [-0.2, -0.15) is 0 Å². The zero-order valence-electron chi connectivity index (χ0n) is 43.6. The zero-order chi connectivity index (χ0) is 49.7. The monoisotopic (exact) mass is 1060 g/mol. The summed E-state index contributed by atoms with van der Waals surface area (Å²) in [5.41, 5.74) is 1.05. The van der Waals surface area contributed by atoms with Crippen LogP contribution >= 0.6 is 15.9 Å². The van der Waals surface area contributed by atoms with Gasteiger partial charge in [-0.25, -0.2) is 0 Å². The van der Waals surface area contributed by atoms with Crippen molar-refractivity contribution in [1.82, 2.24) is 0 Å². The van der Waals surface area contributed by atoms with Crippen LogP contribution in [-0.4, -0.2) is 150 Å². The summed E-state index contributed by atoms with van der Waals surface area (Å²) in [7, 11) is -2.63. The zero-order valence-corrected chi connectivity index (χ0v) is 47.2. The molecule has 6 bridgehead atoms. The molecule has 0 saturated carbocycles. The first-order valence-electron chi connectivity index (χ1n) is 26.0. The van der Waals surface area contributed by atoms with Crippen molar-refractivity contribution in [2.24, 2.45) is 11.8 Å². The van der Waals surface area contributed by atoms with Gasteiger partial charge in [-0.15, -0.1) is 0 Å². The Morgan fingerprint density at radius 2 is 1.56 bits per heavy atom. The average Bonchev–Trinajstić information content (AvgIpc) is 3.80. The number of aliphatic hydroxyl groups is 2. The number of halogens is 1. The minimum atomic E-state index is -2.24. The number of carbonyl (C=O) groups is 1. The number of methoxy groups -OCH3 is 1. The highest BCUT2D eigenvalue weighted by Crippen LogP contribution is 2.54. The van der Waals surface area contributed by atoms with Crippen LogP contribution in [0.2, 0.25) is 36.3 Å². The Kier molecular flexibility index (Phi) is 17.8. The minimum Gasteiger partial charge on any atom is -0.414 e. The van der Waals surface area contributed by atoms with Crippen LogP contribution < -0.4 is 0 Å². The molecule has 8 aliphatic rings. The molecule has 0 aromatic heterocycles. The van der Waals surface area contributed by atoms with E-state index in [-0.39, 0.29) is 120 Å². The molecule has 0 radical (unpaired) electrons. The highest BCUT2D eigenvalue weighted by atomic mass is 79.9. The molecular weight excluding hydrogens is 969 g/mol. The Bertz CT molecular complexity index is 1750. The number of fused-ring (bicyclic) bond motifs is 1. The highest BCUT2D eigenvalue weighted by molar-refractivity contribution is 9.11. The number of ether oxygens (including phenoxy) is 8. The van der Waals surface area contributed by atoms with E-state index >= 15 is 0 Å². The van der Waals surface area contributed by atoms with Crippen LogP contribution in [0.5, 0.6) is 0 Å². The molecular formula is C52H89BrO13Si2. The van der Waals surface area contributed by atoms with Gasteiger partial charge in [0.25, 0.3) is 0 Å². The van der Waals surface area contributed by atoms with Gasteiger partial charge in [0.05, 0.1) is 67.6 Å². The van der Waals surface area contributed by atoms with Crippen LogP contribution in [0.4, 0.5) is 0 Å². The molecule has 0 aromatic rings. The van der Waals surface area contributed by atoms with Crippen molar-refractivity contribution >= 4 is 38.3 Å². The van der Waals surface area contributed by atoms with Gasteiger partial charge < -0.3 is 57.0 Å². The number of rotatable bonds is 22. The number of ketones is 1.